The van der Waals surface area contributed by atoms with Gasteiger partial charge in [-0.25, -0.2) is 9.67 Å². The molecule has 0 amide bonds. The second-order valence-electron chi connectivity index (χ2n) is 6.87. The number of halogens is 2. The molecule has 0 radical (unpaired) electrons. The zero-order chi connectivity index (χ0) is 19.3. The van der Waals surface area contributed by atoms with Crippen molar-refractivity contribution < 1.29 is 0 Å². The van der Waals surface area contributed by atoms with E-state index in [2.05, 4.69) is 32.0 Å². The number of aryl methyl sites for hydroxylation is 4. The smallest absolute Gasteiger partial charge is 0.164 e. The molecule has 2 aromatic heterocycles. The number of pyridine rings is 1. The van der Waals surface area contributed by atoms with Crippen molar-refractivity contribution in [3.63, 3.8) is 0 Å². The molecule has 0 saturated heterocycles. The Morgan fingerprint density at radius 1 is 0.852 bits per heavy atom. The molecule has 4 rings (SSSR count). The number of hydrogen-bond acceptors (Lipinski definition) is 2. The molecule has 136 valence electrons. The molecule has 2 aromatic carbocycles. The van der Waals surface area contributed by atoms with Gasteiger partial charge in [-0.1, -0.05) is 41.4 Å². The first-order valence-electron chi connectivity index (χ1n) is 8.76. The molecule has 0 aliphatic rings. The van der Waals surface area contributed by atoms with Crippen LogP contribution in [0.3, 0.4) is 0 Å². The van der Waals surface area contributed by atoms with Gasteiger partial charge in [0, 0.05) is 10.6 Å². The third-order valence-electron chi connectivity index (χ3n) is 5.01. The first-order chi connectivity index (χ1) is 12.9. The van der Waals surface area contributed by atoms with Gasteiger partial charge in [0.1, 0.15) is 5.69 Å². The van der Waals surface area contributed by atoms with Crippen molar-refractivity contribution in [3.8, 4) is 16.9 Å². The summed E-state index contributed by atoms with van der Waals surface area (Å²) in [5.74, 6) is 0. The zero-order valence-electron chi connectivity index (χ0n) is 15.6. The highest BCUT2D eigenvalue weighted by Crippen LogP contribution is 2.35. The lowest BCUT2D eigenvalue weighted by atomic mass is 10.1. The normalized spacial score (nSPS) is 11.3. The highest BCUT2D eigenvalue weighted by atomic mass is 35.5. The molecular formula is C22H19Cl2N3. The number of hydrogen-bond donors (Lipinski definition) is 0. The van der Waals surface area contributed by atoms with E-state index in [-0.39, 0.29) is 0 Å². The highest BCUT2D eigenvalue weighted by molar-refractivity contribution is 6.33. The van der Waals surface area contributed by atoms with Gasteiger partial charge in [0.2, 0.25) is 0 Å². The summed E-state index contributed by atoms with van der Waals surface area (Å²) in [4.78, 5) is 4.77. The molecule has 4 aromatic rings. The Morgan fingerprint density at radius 2 is 1.56 bits per heavy atom. The highest BCUT2D eigenvalue weighted by Gasteiger charge is 2.20. The zero-order valence-corrected chi connectivity index (χ0v) is 17.2. The Labute approximate surface area is 168 Å². The number of aromatic nitrogens is 3. The van der Waals surface area contributed by atoms with E-state index in [0.29, 0.717) is 10.0 Å². The molecule has 27 heavy (non-hydrogen) atoms. The number of fused-ring (bicyclic) bond motifs is 1. The molecule has 0 bridgehead atoms. The first kappa shape index (κ1) is 18.0. The second-order valence-corrected chi connectivity index (χ2v) is 7.69. The van der Waals surface area contributed by atoms with Gasteiger partial charge in [0.05, 0.1) is 21.8 Å². The van der Waals surface area contributed by atoms with Crippen LogP contribution in [0.2, 0.25) is 10.0 Å². The van der Waals surface area contributed by atoms with Crippen LogP contribution in [-0.2, 0) is 0 Å². The minimum Gasteiger partial charge on any atom is -0.232 e. The molecule has 0 spiro atoms. The van der Waals surface area contributed by atoms with Crippen molar-refractivity contribution in [3.05, 3.63) is 74.9 Å². The molecule has 0 unspecified atom stereocenters. The van der Waals surface area contributed by atoms with Crippen molar-refractivity contribution in [2.45, 2.75) is 27.7 Å². The Morgan fingerprint density at radius 3 is 2.22 bits per heavy atom. The number of benzene rings is 2. The maximum absolute atomic E-state index is 6.52. The van der Waals surface area contributed by atoms with Crippen LogP contribution < -0.4 is 0 Å². The van der Waals surface area contributed by atoms with Crippen LogP contribution in [-0.4, -0.2) is 14.8 Å². The molecule has 0 fully saturated rings. The van der Waals surface area contributed by atoms with E-state index < -0.39 is 0 Å². The summed E-state index contributed by atoms with van der Waals surface area (Å²) in [6.07, 6.45) is 0. The van der Waals surface area contributed by atoms with Gasteiger partial charge >= 0.3 is 0 Å². The van der Waals surface area contributed by atoms with Crippen LogP contribution in [0.5, 0.6) is 0 Å². The fourth-order valence-electron chi connectivity index (χ4n) is 3.29. The summed E-state index contributed by atoms with van der Waals surface area (Å²) in [6.45, 7) is 8.15. The molecule has 0 atom stereocenters. The number of nitrogens with zero attached hydrogens (tertiary/aromatic N) is 3. The minimum atomic E-state index is 0.678. The van der Waals surface area contributed by atoms with Crippen LogP contribution in [0.25, 0.3) is 28.0 Å². The van der Waals surface area contributed by atoms with Gasteiger partial charge in [-0.05, 0) is 68.7 Å². The molecule has 5 heteroatoms. The van der Waals surface area contributed by atoms with Crippen LogP contribution in [0, 0.1) is 27.7 Å². The molecule has 2 heterocycles. The maximum Gasteiger partial charge on any atom is 0.164 e. The van der Waals surface area contributed by atoms with E-state index in [1.165, 1.54) is 11.1 Å². The van der Waals surface area contributed by atoms with Crippen LogP contribution in [0.1, 0.15) is 22.4 Å². The molecule has 0 aliphatic heterocycles. The Balaban J connectivity index is 2.08. The van der Waals surface area contributed by atoms with Crippen LogP contribution in [0.15, 0.2) is 42.5 Å². The van der Waals surface area contributed by atoms with Gasteiger partial charge in [-0.2, -0.15) is 5.10 Å². The van der Waals surface area contributed by atoms with Gasteiger partial charge < -0.3 is 0 Å². The molecular weight excluding hydrogens is 377 g/mol. The third kappa shape index (κ3) is 3.01. The summed E-state index contributed by atoms with van der Waals surface area (Å²) in [5.41, 5.74) is 7.87. The van der Waals surface area contributed by atoms with E-state index in [9.17, 15) is 0 Å². The Hall–Kier alpha value is -2.36. The average molecular weight is 396 g/mol. The van der Waals surface area contributed by atoms with E-state index in [4.69, 9.17) is 33.3 Å². The summed E-state index contributed by atoms with van der Waals surface area (Å²) in [6, 6.07) is 14.0. The van der Waals surface area contributed by atoms with Crippen molar-refractivity contribution in [2.24, 2.45) is 0 Å². The number of rotatable bonds is 2. The summed E-state index contributed by atoms with van der Waals surface area (Å²) in [5, 5.41) is 7.26. The monoisotopic (exact) mass is 395 g/mol. The third-order valence-corrected chi connectivity index (χ3v) is 5.82. The summed E-state index contributed by atoms with van der Waals surface area (Å²) < 4.78 is 1.90. The van der Waals surface area contributed by atoms with Gasteiger partial charge in [0.15, 0.2) is 5.65 Å². The largest absolute Gasteiger partial charge is 0.232 e. The predicted octanol–water partition coefficient (Wildman–Crippen LogP) is 6.63. The van der Waals surface area contributed by atoms with Crippen molar-refractivity contribution in [2.75, 3.05) is 0 Å². The summed E-state index contributed by atoms with van der Waals surface area (Å²) >= 11 is 12.6. The fraction of sp³-hybridized carbons (Fsp3) is 0.182. The lowest BCUT2D eigenvalue weighted by Gasteiger charge is -2.08. The van der Waals surface area contributed by atoms with E-state index in [1.54, 1.807) is 0 Å². The quantitative estimate of drug-likeness (QED) is 0.381. The van der Waals surface area contributed by atoms with Crippen molar-refractivity contribution in [1.29, 1.82) is 0 Å². The van der Waals surface area contributed by atoms with Crippen molar-refractivity contribution >= 4 is 34.2 Å². The lowest BCUT2D eigenvalue weighted by molar-refractivity contribution is 0.895. The Bertz CT molecular complexity index is 1170. The minimum absolute atomic E-state index is 0.678. The van der Waals surface area contributed by atoms with Crippen LogP contribution in [0.4, 0.5) is 0 Å². The first-order valence-corrected chi connectivity index (χ1v) is 9.51. The predicted molar refractivity (Wildman–Crippen MR) is 113 cm³/mol. The maximum atomic E-state index is 6.52. The molecule has 0 N–H and O–H groups in total. The van der Waals surface area contributed by atoms with Gasteiger partial charge in [-0.3, -0.25) is 0 Å². The molecule has 0 aliphatic carbocycles. The van der Waals surface area contributed by atoms with E-state index in [0.717, 1.165) is 39.2 Å². The van der Waals surface area contributed by atoms with E-state index in [1.807, 2.05) is 42.8 Å². The second kappa shape index (κ2) is 6.66. The lowest BCUT2D eigenvalue weighted by Crippen LogP contribution is -2.00. The van der Waals surface area contributed by atoms with Gasteiger partial charge in [-0.15, -0.1) is 0 Å². The Kier molecular flexibility index (Phi) is 4.45. The van der Waals surface area contributed by atoms with E-state index >= 15 is 0 Å². The average Bonchev–Trinajstić information content (AvgIpc) is 3.02. The molecule has 3 nitrogen and oxygen atoms in total. The fourth-order valence-corrected chi connectivity index (χ4v) is 3.56. The van der Waals surface area contributed by atoms with Crippen LogP contribution >= 0.6 is 23.2 Å². The standard InChI is InChI=1S/C22H19Cl2N3/c1-12-5-10-18(11-13(12)2)27-22-19(14(3)20(24)15(4)25-22)21(26-27)16-6-8-17(23)9-7-16/h5-11H,1-4H3. The molecule has 0 saturated carbocycles. The topological polar surface area (TPSA) is 30.7 Å². The van der Waals surface area contributed by atoms with Crippen molar-refractivity contribution in [1.82, 2.24) is 14.8 Å². The summed E-state index contributed by atoms with van der Waals surface area (Å²) in [7, 11) is 0. The van der Waals surface area contributed by atoms with Gasteiger partial charge in [0.25, 0.3) is 0 Å². The SMILES string of the molecule is Cc1ccc(-n2nc(-c3ccc(Cl)cc3)c3c(C)c(Cl)c(C)nc32)cc1C.